The van der Waals surface area contributed by atoms with Crippen LogP contribution in [0.15, 0.2) is 11.4 Å². The maximum Gasteiger partial charge on any atom is 0.168 e. The van der Waals surface area contributed by atoms with Crippen molar-refractivity contribution >= 4 is 41.1 Å². The lowest BCUT2D eigenvalue weighted by Crippen LogP contribution is -2.31. The molecule has 15 heavy (non-hydrogen) atoms. The van der Waals surface area contributed by atoms with Gasteiger partial charge in [0.15, 0.2) is 5.78 Å². The number of nitrogens with one attached hydrogen (secondary N) is 1. The van der Waals surface area contributed by atoms with Crippen molar-refractivity contribution in [3.63, 3.8) is 0 Å². The second kappa shape index (κ2) is 5.85. The smallest absolute Gasteiger partial charge is 0.168 e. The fourth-order valence-electron chi connectivity index (χ4n) is 1.77. The second-order valence-electron chi connectivity index (χ2n) is 3.50. The first kappa shape index (κ1) is 13.0. The van der Waals surface area contributed by atoms with Crippen molar-refractivity contribution in [2.24, 2.45) is 5.92 Å². The lowest BCUT2D eigenvalue weighted by molar-refractivity contribution is 0.0896. The molecule has 0 atom stereocenters. The molecule has 84 valence electrons. The van der Waals surface area contributed by atoms with Crippen molar-refractivity contribution in [1.82, 2.24) is 5.32 Å². The number of piperidine rings is 1. The van der Waals surface area contributed by atoms with E-state index in [0.717, 1.165) is 25.9 Å². The van der Waals surface area contributed by atoms with Crippen LogP contribution in [0.2, 0.25) is 4.34 Å². The molecule has 2 heterocycles. The Hall–Kier alpha value is -0.0900. The van der Waals surface area contributed by atoms with Gasteiger partial charge in [0.05, 0.1) is 0 Å². The molecule has 0 aromatic carbocycles. The highest BCUT2D eigenvalue weighted by atomic mass is 35.5. The van der Waals surface area contributed by atoms with E-state index >= 15 is 0 Å². The minimum atomic E-state index is 0. The number of ketones is 1. The number of rotatable bonds is 2. The average molecular weight is 266 g/mol. The fraction of sp³-hybridized carbons (Fsp3) is 0.500. The zero-order valence-electron chi connectivity index (χ0n) is 8.16. The van der Waals surface area contributed by atoms with E-state index in [0.29, 0.717) is 9.90 Å². The van der Waals surface area contributed by atoms with Crippen molar-refractivity contribution < 1.29 is 4.79 Å². The maximum absolute atomic E-state index is 12.0. The van der Waals surface area contributed by atoms with Gasteiger partial charge < -0.3 is 5.32 Å². The van der Waals surface area contributed by atoms with Crippen LogP contribution >= 0.6 is 35.3 Å². The van der Waals surface area contributed by atoms with Crippen LogP contribution in [0.1, 0.15) is 23.2 Å². The maximum atomic E-state index is 12.0. The summed E-state index contributed by atoms with van der Waals surface area (Å²) in [4.78, 5) is 12.0. The van der Waals surface area contributed by atoms with Crippen molar-refractivity contribution in [3.05, 3.63) is 21.3 Å². The Balaban J connectivity index is 0.00000112. The third-order valence-corrected chi connectivity index (χ3v) is 3.76. The van der Waals surface area contributed by atoms with Crippen LogP contribution in [0.3, 0.4) is 0 Å². The predicted molar refractivity (Wildman–Crippen MR) is 66.5 cm³/mol. The number of carbonyl (C=O) groups is 1. The van der Waals surface area contributed by atoms with Gasteiger partial charge in [-0.25, -0.2) is 0 Å². The molecule has 1 aromatic heterocycles. The van der Waals surface area contributed by atoms with Crippen LogP contribution in [0.4, 0.5) is 0 Å². The number of hydrogen-bond donors (Lipinski definition) is 1. The first-order valence-corrected chi connectivity index (χ1v) is 6.02. The summed E-state index contributed by atoms with van der Waals surface area (Å²) in [5, 5.41) is 5.12. The molecule has 2 nitrogen and oxygen atoms in total. The van der Waals surface area contributed by atoms with Crippen molar-refractivity contribution in [2.75, 3.05) is 13.1 Å². The molecule has 1 aromatic rings. The molecular formula is C10H13Cl2NOS. The van der Waals surface area contributed by atoms with E-state index in [2.05, 4.69) is 5.32 Å². The number of carbonyl (C=O) groups excluding carboxylic acids is 1. The van der Waals surface area contributed by atoms with Gasteiger partial charge in [-0.05, 0) is 37.4 Å². The summed E-state index contributed by atoms with van der Waals surface area (Å²) in [6.45, 7) is 1.89. The lowest BCUT2D eigenvalue weighted by Gasteiger charge is -2.20. The van der Waals surface area contributed by atoms with Gasteiger partial charge >= 0.3 is 0 Å². The van der Waals surface area contributed by atoms with Crippen LogP contribution in [0, 0.1) is 5.92 Å². The summed E-state index contributed by atoms with van der Waals surface area (Å²) < 4.78 is 0.633. The van der Waals surface area contributed by atoms with Crippen molar-refractivity contribution in [2.45, 2.75) is 12.8 Å². The van der Waals surface area contributed by atoms with Gasteiger partial charge in [-0.1, -0.05) is 11.6 Å². The molecular weight excluding hydrogens is 253 g/mol. The summed E-state index contributed by atoms with van der Waals surface area (Å²) in [5.74, 6) is 0.390. The Kier molecular flexibility index (Phi) is 5.06. The molecule has 0 aliphatic carbocycles. The van der Waals surface area contributed by atoms with Gasteiger partial charge in [0.2, 0.25) is 0 Å². The van der Waals surface area contributed by atoms with E-state index in [4.69, 9.17) is 11.6 Å². The highest BCUT2D eigenvalue weighted by Gasteiger charge is 2.24. The third kappa shape index (κ3) is 2.94. The predicted octanol–water partition coefficient (Wildman–Crippen LogP) is 3.01. The summed E-state index contributed by atoms with van der Waals surface area (Å²) in [6.07, 6.45) is 1.87. The minimum Gasteiger partial charge on any atom is -0.317 e. The van der Waals surface area contributed by atoms with E-state index in [1.807, 2.05) is 11.4 Å². The Morgan fingerprint density at radius 1 is 1.47 bits per heavy atom. The second-order valence-corrected chi connectivity index (χ2v) is 5.01. The summed E-state index contributed by atoms with van der Waals surface area (Å²) >= 11 is 7.36. The van der Waals surface area contributed by atoms with E-state index in [-0.39, 0.29) is 24.1 Å². The first-order valence-electron chi connectivity index (χ1n) is 4.77. The zero-order valence-corrected chi connectivity index (χ0v) is 10.6. The van der Waals surface area contributed by atoms with E-state index < -0.39 is 0 Å². The van der Waals surface area contributed by atoms with Crippen LogP contribution in [-0.4, -0.2) is 18.9 Å². The molecule has 0 spiro atoms. The summed E-state index contributed by atoms with van der Waals surface area (Å²) in [5.41, 5.74) is 0.712. The number of thiophene rings is 1. The minimum absolute atomic E-state index is 0. The Bertz CT molecular complexity index is 334. The Morgan fingerprint density at radius 2 is 2.13 bits per heavy atom. The van der Waals surface area contributed by atoms with Gasteiger partial charge in [0.25, 0.3) is 0 Å². The topological polar surface area (TPSA) is 29.1 Å². The molecule has 0 radical (unpaired) electrons. The molecule has 0 amide bonds. The quantitative estimate of drug-likeness (QED) is 0.834. The molecule has 1 aliphatic rings. The highest BCUT2D eigenvalue weighted by molar-refractivity contribution is 7.14. The Labute approximate surface area is 104 Å². The van der Waals surface area contributed by atoms with Gasteiger partial charge in [-0.2, -0.15) is 0 Å². The summed E-state index contributed by atoms with van der Waals surface area (Å²) in [7, 11) is 0. The highest BCUT2D eigenvalue weighted by Crippen LogP contribution is 2.27. The number of halogens is 2. The molecule has 1 N–H and O–H groups in total. The number of Topliss-reactive ketones (excluding diaryl/α,β-unsaturated/α-hetero) is 1. The Morgan fingerprint density at radius 3 is 2.67 bits per heavy atom. The number of hydrogen-bond acceptors (Lipinski definition) is 3. The van der Waals surface area contributed by atoms with Crippen LogP contribution in [-0.2, 0) is 0 Å². The fourth-order valence-corrected chi connectivity index (χ4v) is 2.70. The van der Waals surface area contributed by atoms with Crippen molar-refractivity contribution in [1.29, 1.82) is 0 Å². The normalized spacial score (nSPS) is 17.1. The van der Waals surface area contributed by atoms with Crippen molar-refractivity contribution in [3.8, 4) is 0 Å². The van der Waals surface area contributed by atoms with E-state index in [1.54, 1.807) is 0 Å². The lowest BCUT2D eigenvalue weighted by atomic mass is 9.91. The molecule has 1 aliphatic heterocycles. The molecule has 1 saturated heterocycles. The summed E-state index contributed by atoms with van der Waals surface area (Å²) in [6, 6.07) is 1.83. The molecule has 0 unspecified atom stereocenters. The van der Waals surface area contributed by atoms with Gasteiger partial charge in [0, 0.05) is 11.5 Å². The molecule has 5 heteroatoms. The van der Waals surface area contributed by atoms with Crippen LogP contribution < -0.4 is 5.32 Å². The third-order valence-electron chi connectivity index (χ3n) is 2.59. The zero-order chi connectivity index (χ0) is 9.97. The van der Waals surface area contributed by atoms with Gasteiger partial charge in [-0.15, -0.1) is 23.7 Å². The van der Waals surface area contributed by atoms with Crippen LogP contribution in [0.25, 0.3) is 0 Å². The molecule has 0 saturated carbocycles. The van der Waals surface area contributed by atoms with Gasteiger partial charge in [0.1, 0.15) is 4.34 Å². The largest absolute Gasteiger partial charge is 0.317 e. The SMILES string of the molecule is Cl.O=C(c1ccsc1Cl)C1CCNCC1. The monoisotopic (exact) mass is 265 g/mol. The molecule has 0 bridgehead atoms. The standard InChI is InChI=1S/C10H12ClNOS.ClH/c11-10-8(3-6-14-10)9(13)7-1-4-12-5-2-7;/h3,6-7,12H,1-2,4-5H2;1H. The average Bonchev–Trinajstić information content (AvgIpc) is 2.65. The van der Waals surface area contributed by atoms with E-state index in [9.17, 15) is 4.79 Å². The van der Waals surface area contributed by atoms with E-state index in [1.165, 1.54) is 11.3 Å². The van der Waals surface area contributed by atoms with Gasteiger partial charge in [-0.3, -0.25) is 4.79 Å². The van der Waals surface area contributed by atoms with Crippen LogP contribution in [0.5, 0.6) is 0 Å². The molecule has 1 fully saturated rings. The first-order chi connectivity index (χ1) is 6.79. The molecule has 2 rings (SSSR count).